The Labute approximate surface area is 204 Å². The fourth-order valence-electron chi connectivity index (χ4n) is 4.04. The Kier molecular flexibility index (Phi) is 6.51. The van der Waals surface area contributed by atoms with Gasteiger partial charge in [-0.3, -0.25) is 29.4 Å². The Morgan fingerprint density at radius 2 is 1.75 bits per heavy atom. The van der Waals surface area contributed by atoms with Gasteiger partial charge in [-0.25, -0.2) is 0 Å². The molecule has 0 aromatic heterocycles. The van der Waals surface area contributed by atoms with Crippen molar-refractivity contribution >= 4 is 34.8 Å². The van der Waals surface area contributed by atoms with Crippen LogP contribution in [0.5, 0.6) is 5.75 Å². The molecule has 4 rings (SSSR count). The van der Waals surface area contributed by atoms with Gasteiger partial charge in [-0.2, -0.15) is 0 Å². The van der Waals surface area contributed by atoms with Crippen molar-refractivity contribution in [1.82, 2.24) is 0 Å². The fourth-order valence-corrected chi connectivity index (χ4v) is 4.04. The Bertz CT molecular complexity index is 1410. The van der Waals surface area contributed by atoms with Gasteiger partial charge in [0.05, 0.1) is 30.1 Å². The third-order valence-corrected chi connectivity index (χ3v) is 5.75. The summed E-state index contributed by atoms with van der Waals surface area (Å²) >= 11 is 0. The van der Waals surface area contributed by atoms with Gasteiger partial charge in [0.15, 0.2) is 0 Å². The van der Waals surface area contributed by atoms with E-state index in [4.69, 9.17) is 0 Å². The first-order chi connectivity index (χ1) is 17.2. The number of aliphatic hydroxyl groups is 1. The van der Waals surface area contributed by atoms with Crippen LogP contribution in [-0.2, 0) is 25.5 Å². The summed E-state index contributed by atoms with van der Waals surface area (Å²) < 4.78 is 4.66. The van der Waals surface area contributed by atoms with Crippen LogP contribution in [0.3, 0.4) is 0 Å². The number of benzene rings is 3. The summed E-state index contributed by atoms with van der Waals surface area (Å²) in [5.41, 5.74) is 0.651. The van der Waals surface area contributed by atoms with Crippen LogP contribution in [0, 0.1) is 10.1 Å². The van der Waals surface area contributed by atoms with E-state index in [1.165, 1.54) is 48.4 Å². The SMILES string of the molecule is COC(=O)Cc1ccc(N2C(=O)C(=O)/C(=C(\O)c3cccc([N+](=O)[O-])c3)C2c2cccc(O)c2)cc1. The molecule has 1 atom stereocenters. The van der Waals surface area contributed by atoms with Crippen molar-refractivity contribution in [2.75, 3.05) is 12.0 Å². The number of non-ortho nitro benzene ring substituents is 1. The lowest BCUT2D eigenvalue weighted by Gasteiger charge is -2.25. The number of ketones is 1. The van der Waals surface area contributed by atoms with Gasteiger partial charge in [-0.15, -0.1) is 0 Å². The van der Waals surface area contributed by atoms with E-state index in [0.29, 0.717) is 16.8 Å². The number of carbonyl (C=O) groups is 3. The number of hydrogen-bond donors (Lipinski definition) is 2. The van der Waals surface area contributed by atoms with Crippen LogP contribution in [0.15, 0.2) is 78.4 Å². The maximum Gasteiger partial charge on any atom is 0.309 e. The molecule has 3 aromatic rings. The van der Waals surface area contributed by atoms with Crippen LogP contribution < -0.4 is 4.90 Å². The van der Waals surface area contributed by atoms with Crippen LogP contribution in [0.25, 0.3) is 5.76 Å². The monoisotopic (exact) mass is 488 g/mol. The predicted octanol–water partition coefficient (Wildman–Crippen LogP) is 3.64. The summed E-state index contributed by atoms with van der Waals surface area (Å²) in [6.07, 6.45) is 0.0123. The van der Waals surface area contributed by atoms with Gasteiger partial charge in [0, 0.05) is 23.4 Å². The molecule has 10 heteroatoms. The first-order valence-corrected chi connectivity index (χ1v) is 10.7. The second-order valence-corrected chi connectivity index (χ2v) is 7.99. The number of anilines is 1. The lowest BCUT2D eigenvalue weighted by Crippen LogP contribution is -2.29. The molecule has 10 nitrogen and oxygen atoms in total. The number of methoxy groups -OCH3 is 1. The predicted molar refractivity (Wildman–Crippen MR) is 128 cm³/mol. The zero-order chi connectivity index (χ0) is 26.0. The van der Waals surface area contributed by atoms with E-state index in [1.807, 2.05) is 0 Å². The molecule has 182 valence electrons. The first kappa shape index (κ1) is 24.1. The summed E-state index contributed by atoms with van der Waals surface area (Å²) in [6.45, 7) is 0. The highest BCUT2D eigenvalue weighted by Gasteiger charge is 2.47. The Hall–Kier alpha value is -4.99. The van der Waals surface area contributed by atoms with E-state index in [1.54, 1.807) is 30.3 Å². The fraction of sp³-hybridized carbons (Fsp3) is 0.115. The van der Waals surface area contributed by atoms with Gasteiger partial charge in [0.1, 0.15) is 11.5 Å². The van der Waals surface area contributed by atoms with Crippen LogP contribution in [-0.4, -0.2) is 39.9 Å². The highest BCUT2D eigenvalue weighted by molar-refractivity contribution is 6.51. The first-order valence-electron chi connectivity index (χ1n) is 10.7. The van der Waals surface area contributed by atoms with E-state index in [-0.39, 0.29) is 29.0 Å². The normalized spacial score (nSPS) is 16.7. The van der Waals surface area contributed by atoms with Crippen molar-refractivity contribution in [3.05, 3.63) is 105 Å². The third-order valence-electron chi connectivity index (χ3n) is 5.75. The van der Waals surface area contributed by atoms with Crippen LogP contribution >= 0.6 is 0 Å². The Morgan fingerprint density at radius 1 is 1.06 bits per heavy atom. The van der Waals surface area contributed by atoms with Gasteiger partial charge < -0.3 is 14.9 Å². The van der Waals surface area contributed by atoms with Crippen molar-refractivity contribution < 1.29 is 34.3 Å². The molecule has 1 fully saturated rings. The minimum absolute atomic E-state index is 0.0123. The molecule has 3 aromatic carbocycles. The largest absolute Gasteiger partial charge is 0.508 e. The Balaban J connectivity index is 1.87. The molecule has 0 aliphatic carbocycles. The van der Waals surface area contributed by atoms with E-state index >= 15 is 0 Å². The maximum atomic E-state index is 13.2. The van der Waals surface area contributed by atoms with Gasteiger partial charge in [-0.05, 0) is 35.4 Å². The molecule has 36 heavy (non-hydrogen) atoms. The molecule has 1 heterocycles. The number of rotatable bonds is 6. The molecule has 1 saturated heterocycles. The molecule has 0 radical (unpaired) electrons. The van der Waals surface area contributed by atoms with Gasteiger partial charge >= 0.3 is 5.97 Å². The van der Waals surface area contributed by atoms with E-state index < -0.39 is 34.4 Å². The molecule has 0 saturated carbocycles. The zero-order valence-corrected chi connectivity index (χ0v) is 19.0. The summed E-state index contributed by atoms with van der Waals surface area (Å²) in [7, 11) is 1.27. The number of aromatic hydroxyl groups is 1. The molecular formula is C26H20N2O8. The van der Waals surface area contributed by atoms with Crippen molar-refractivity contribution in [2.24, 2.45) is 0 Å². The number of Topliss-reactive ketones (excluding diaryl/α,β-unsaturated/α-hetero) is 1. The van der Waals surface area contributed by atoms with Gasteiger partial charge in [-0.1, -0.05) is 36.4 Å². The number of nitro groups is 1. The zero-order valence-electron chi connectivity index (χ0n) is 19.0. The minimum Gasteiger partial charge on any atom is -0.508 e. The molecule has 1 unspecified atom stereocenters. The van der Waals surface area contributed by atoms with Crippen LogP contribution in [0.4, 0.5) is 11.4 Å². The van der Waals surface area contributed by atoms with E-state index in [9.17, 15) is 34.7 Å². The second-order valence-electron chi connectivity index (χ2n) is 7.99. The number of carbonyl (C=O) groups excluding carboxylic acids is 3. The number of nitrogens with zero attached hydrogens (tertiary/aromatic N) is 2. The molecule has 0 spiro atoms. The lowest BCUT2D eigenvalue weighted by molar-refractivity contribution is -0.384. The van der Waals surface area contributed by atoms with Gasteiger partial charge in [0.25, 0.3) is 17.4 Å². The van der Waals surface area contributed by atoms with E-state index in [2.05, 4.69) is 4.74 Å². The van der Waals surface area contributed by atoms with Crippen molar-refractivity contribution in [3.8, 4) is 5.75 Å². The number of phenols is 1. The average Bonchev–Trinajstić information content (AvgIpc) is 3.14. The third kappa shape index (κ3) is 4.51. The number of aliphatic hydroxyl groups excluding tert-OH is 1. The number of nitro benzene ring substituents is 1. The number of phenolic OH excluding ortho intramolecular Hbond substituents is 1. The topological polar surface area (TPSA) is 147 Å². The second kappa shape index (κ2) is 9.71. The minimum atomic E-state index is -1.14. The molecular weight excluding hydrogens is 468 g/mol. The number of hydrogen-bond acceptors (Lipinski definition) is 8. The van der Waals surface area contributed by atoms with Gasteiger partial charge in [0.2, 0.25) is 0 Å². The van der Waals surface area contributed by atoms with E-state index in [0.717, 1.165) is 6.07 Å². The number of ether oxygens (including phenoxy) is 1. The molecule has 1 aliphatic heterocycles. The molecule has 2 N–H and O–H groups in total. The number of amides is 1. The highest BCUT2D eigenvalue weighted by Crippen LogP contribution is 2.43. The van der Waals surface area contributed by atoms with Crippen molar-refractivity contribution in [3.63, 3.8) is 0 Å². The molecule has 0 bridgehead atoms. The van der Waals surface area contributed by atoms with Crippen molar-refractivity contribution in [1.29, 1.82) is 0 Å². The lowest BCUT2D eigenvalue weighted by atomic mass is 9.94. The highest BCUT2D eigenvalue weighted by atomic mass is 16.6. The van der Waals surface area contributed by atoms with Crippen molar-refractivity contribution in [2.45, 2.75) is 12.5 Å². The molecule has 1 amide bonds. The molecule has 1 aliphatic rings. The summed E-state index contributed by atoms with van der Waals surface area (Å²) in [5, 5.41) is 32.4. The van der Waals surface area contributed by atoms with Crippen LogP contribution in [0.1, 0.15) is 22.7 Å². The Morgan fingerprint density at radius 3 is 2.39 bits per heavy atom. The smallest absolute Gasteiger partial charge is 0.309 e. The summed E-state index contributed by atoms with van der Waals surface area (Å²) in [6, 6.07) is 16.1. The quantitative estimate of drug-likeness (QED) is 0.133. The average molecular weight is 488 g/mol. The van der Waals surface area contributed by atoms with Crippen LogP contribution in [0.2, 0.25) is 0 Å². The summed E-state index contributed by atoms with van der Waals surface area (Å²) in [4.78, 5) is 49.7. The maximum absolute atomic E-state index is 13.2. The summed E-state index contributed by atoms with van der Waals surface area (Å²) in [5.74, 6) is -3.08. The standard InChI is InChI=1S/C26H20N2O8/c1-36-21(30)12-15-8-10-18(11-9-15)27-23(16-4-3-7-20(29)14-16)22(25(32)26(27)33)24(31)17-5-2-6-19(13-17)28(34)35/h2-11,13-14,23,29,31H,12H2,1H3/b24-22-. The number of esters is 1.